The van der Waals surface area contributed by atoms with E-state index < -0.39 is 40.2 Å². The zero-order chi connectivity index (χ0) is 27.7. The van der Waals surface area contributed by atoms with E-state index in [9.17, 15) is 24.8 Å². The summed E-state index contributed by atoms with van der Waals surface area (Å²) in [5.41, 5.74) is 2.21. The Hall–Kier alpha value is -3.29. The zero-order valence-electron chi connectivity index (χ0n) is 22.8. The lowest BCUT2D eigenvalue weighted by Crippen LogP contribution is -2.54. The highest BCUT2D eigenvalue weighted by Crippen LogP contribution is 2.49. The van der Waals surface area contributed by atoms with Crippen molar-refractivity contribution in [3.05, 3.63) is 63.2 Å². The summed E-state index contributed by atoms with van der Waals surface area (Å²) in [6.45, 7) is 12.0. The van der Waals surface area contributed by atoms with Crippen molar-refractivity contribution >= 4 is 23.3 Å². The highest BCUT2D eigenvalue weighted by atomic mass is 16.6. The van der Waals surface area contributed by atoms with Crippen LogP contribution in [0.5, 0.6) is 0 Å². The van der Waals surface area contributed by atoms with Gasteiger partial charge in [0, 0.05) is 29.7 Å². The van der Waals surface area contributed by atoms with Crippen molar-refractivity contribution in [2.24, 2.45) is 28.2 Å². The molecule has 0 saturated carbocycles. The third-order valence-electron chi connectivity index (χ3n) is 8.42. The Kier molecular flexibility index (Phi) is 8.10. The number of ether oxygens (including phenoxy) is 1. The van der Waals surface area contributed by atoms with E-state index in [1.807, 2.05) is 13.0 Å². The van der Waals surface area contributed by atoms with Crippen molar-refractivity contribution in [1.29, 1.82) is 0 Å². The van der Waals surface area contributed by atoms with E-state index in [-0.39, 0.29) is 17.0 Å². The van der Waals surface area contributed by atoms with Gasteiger partial charge in [0.25, 0.3) is 5.69 Å². The summed E-state index contributed by atoms with van der Waals surface area (Å²) in [6.07, 6.45) is 7.41. The molecule has 0 amide bonds. The molecule has 0 bridgehead atoms. The summed E-state index contributed by atoms with van der Waals surface area (Å²) in [6, 6.07) is 5.86. The molecule has 1 N–H and O–H groups in total. The third-order valence-corrected chi connectivity index (χ3v) is 8.42. The van der Waals surface area contributed by atoms with Gasteiger partial charge in [-0.15, -0.1) is 0 Å². The number of carboxylic acid groups (broad SMARTS) is 1. The number of nitro groups is 1. The predicted octanol–water partition coefficient (Wildman–Crippen LogP) is 6.12. The molecule has 5 unspecified atom stereocenters. The fraction of sp³-hybridized carbons (Fsp3) is 0.552. The van der Waals surface area contributed by atoms with E-state index in [1.54, 1.807) is 19.9 Å². The van der Waals surface area contributed by atoms with Crippen molar-refractivity contribution in [2.75, 3.05) is 7.11 Å². The number of non-ortho nitro benzene ring substituents is 1. The van der Waals surface area contributed by atoms with Crippen molar-refractivity contribution in [1.82, 2.24) is 0 Å². The highest BCUT2D eigenvalue weighted by Gasteiger charge is 2.55. The average molecular weight is 511 g/mol. The van der Waals surface area contributed by atoms with Gasteiger partial charge in [-0.2, -0.15) is 0 Å². The van der Waals surface area contributed by atoms with Gasteiger partial charge in [0.05, 0.1) is 23.5 Å². The number of allylic oxidation sites excluding steroid dienone is 3. The first-order valence-electron chi connectivity index (χ1n) is 12.7. The van der Waals surface area contributed by atoms with Crippen LogP contribution in [-0.4, -0.2) is 40.3 Å². The number of nitrogens with zero attached hydrogens (tertiary/aromatic N) is 2. The summed E-state index contributed by atoms with van der Waals surface area (Å²) in [5.74, 6) is -5.02. The van der Waals surface area contributed by atoms with Gasteiger partial charge in [0.1, 0.15) is 5.92 Å². The Morgan fingerprint density at radius 3 is 2.51 bits per heavy atom. The molecule has 5 atom stereocenters. The van der Waals surface area contributed by atoms with Crippen LogP contribution in [0.2, 0.25) is 0 Å². The normalized spacial score (nSPS) is 28.5. The van der Waals surface area contributed by atoms with E-state index in [0.29, 0.717) is 11.3 Å². The molecular formula is C29H38N2O6. The molecule has 1 aromatic rings. The molecule has 0 fully saturated rings. The summed E-state index contributed by atoms with van der Waals surface area (Å²) in [4.78, 5) is 41.7. The minimum absolute atomic E-state index is 0.0267. The summed E-state index contributed by atoms with van der Waals surface area (Å²) in [7, 11) is 1.25. The lowest BCUT2D eigenvalue weighted by molar-refractivity contribution is -0.385. The number of hydrogen-bond acceptors (Lipinski definition) is 6. The van der Waals surface area contributed by atoms with Gasteiger partial charge in [-0.25, -0.2) is 0 Å². The number of nitro benzene ring substituents is 1. The van der Waals surface area contributed by atoms with Crippen molar-refractivity contribution in [2.45, 2.75) is 72.3 Å². The quantitative estimate of drug-likeness (QED) is 0.268. The minimum atomic E-state index is -1.13. The van der Waals surface area contributed by atoms with Crippen LogP contribution < -0.4 is 0 Å². The van der Waals surface area contributed by atoms with Crippen LogP contribution in [-0.2, 0) is 14.3 Å². The molecule has 8 nitrogen and oxygen atoms in total. The van der Waals surface area contributed by atoms with Gasteiger partial charge in [0.2, 0.25) is 0 Å². The number of carbonyl (C=O) groups is 2. The second-order valence-corrected chi connectivity index (χ2v) is 11.3. The second-order valence-electron chi connectivity index (χ2n) is 11.3. The second kappa shape index (κ2) is 10.6. The first-order chi connectivity index (χ1) is 17.2. The molecule has 2 aliphatic rings. The topological polar surface area (TPSA) is 119 Å². The van der Waals surface area contributed by atoms with Crippen LogP contribution in [0.25, 0.3) is 0 Å². The largest absolute Gasteiger partial charge is 0.481 e. The average Bonchev–Trinajstić information content (AvgIpc) is 2.82. The molecule has 37 heavy (non-hydrogen) atoms. The van der Waals surface area contributed by atoms with Crippen LogP contribution in [0.15, 0.2) is 52.6 Å². The monoisotopic (exact) mass is 510 g/mol. The van der Waals surface area contributed by atoms with E-state index >= 15 is 0 Å². The predicted molar refractivity (Wildman–Crippen MR) is 143 cm³/mol. The Morgan fingerprint density at radius 1 is 1.27 bits per heavy atom. The summed E-state index contributed by atoms with van der Waals surface area (Å²) < 4.78 is 5.04. The van der Waals surface area contributed by atoms with E-state index in [0.717, 1.165) is 19.3 Å². The van der Waals surface area contributed by atoms with E-state index in [1.165, 1.54) is 36.5 Å². The first kappa shape index (κ1) is 28.3. The number of esters is 1. The first-order valence-corrected chi connectivity index (χ1v) is 12.7. The summed E-state index contributed by atoms with van der Waals surface area (Å²) in [5, 5.41) is 22.0. The SMILES string of the molecule is COC(=O)C1C(C)=NC(C)(C(C)C=CC2=C(C)CCCC2(C)C)C(C(=O)O)C1c1cccc([N+](=O)[O-])c1. The third kappa shape index (κ3) is 5.38. The molecule has 200 valence electrons. The van der Waals surface area contributed by atoms with Crippen LogP contribution in [0.4, 0.5) is 5.69 Å². The van der Waals surface area contributed by atoms with E-state index in [4.69, 9.17) is 9.73 Å². The van der Waals surface area contributed by atoms with Gasteiger partial charge in [-0.1, -0.05) is 50.6 Å². The smallest absolute Gasteiger partial charge is 0.315 e. The lowest BCUT2D eigenvalue weighted by atomic mass is 9.61. The number of hydrogen-bond donors (Lipinski definition) is 1. The standard InChI is InChI=1S/C29H38N2O6/c1-17-10-9-15-28(4,5)22(17)14-13-18(2)29(6)25(26(32)33)24(23(19(3)30-29)27(34)37-7)20-11-8-12-21(16-20)31(35)36/h8,11-14,16,18,23-25H,9-10,15H2,1-7H3,(H,32,33). The van der Waals surface area contributed by atoms with Crippen LogP contribution in [0, 0.1) is 33.3 Å². The van der Waals surface area contributed by atoms with Crippen LogP contribution in [0.3, 0.4) is 0 Å². The van der Waals surface area contributed by atoms with Gasteiger partial charge in [0.15, 0.2) is 0 Å². The maximum atomic E-state index is 12.9. The minimum Gasteiger partial charge on any atom is -0.481 e. The number of aliphatic carboxylic acids is 1. The molecule has 1 aliphatic heterocycles. The molecule has 8 heteroatoms. The maximum Gasteiger partial charge on any atom is 0.315 e. The maximum absolute atomic E-state index is 12.9. The Labute approximate surface area is 218 Å². The van der Waals surface area contributed by atoms with E-state index in [2.05, 4.69) is 26.8 Å². The zero-order valence-corrected chi connectivity index (χ0v) is 22.8. The molecule has 0 saturated heterocycles. The van der Waals surface area contributed by atoms with Gasteiger partial charge in [-0.3, -0.25) is 24.7 Å². The Bertz CT molecular complexity index is 1180. The molecule has 0 spiro atoms. The van der Waals surface area contributed by atoms with Crippen molar-refractivity contribution < 1.29 is 24.4 Å². The Balaban J connectivity index is 2.17. The van der Waals surface area contributed by atoms with Gasteiger partial charge < -0.3 is 9.84 Å². The summed E-state index contributed by atoms with van der Waals surface area (Å²) >= 11 is 0. The molecule has 1 aliphatic carbocycles. The number of benzene rings is 1. The van der Waals surface area contributed by atoms with Crippen LogP contribution in [0.1, 0.15) is 72.3 Å². The number of aliphatic imine (C=N–C) groups is 1. The molecular weight excluding hydrogens is 472 g/mol. The molecule has 1 heterocycles. The highest BCUT2D eigenvalue weighted by molar-refractivity contribution is 6.04. The number of carbonyl (C=O) groups excluding carboxylic acids is 1. The lowest BCUT2D eigenvalue weighted by Gasteiger charge is -2.46. The van der Waals surface area contributed by atoms with Crippen LogP contribution >= 0.6 is 0 Å². The number of carboxylic acids is 1. The Morgan fingerprint density at radius 2 is 1.95 bits per heavy atom. The molecule has 3 rings (SSSR count). The van der Waals surface area contributed by atoms with Gasteiger partial charge >= 0.3 is 11.9 Å². The number of rotatable bonds is 7. The molecule has 0 aromatic heterocycles. The molecule has 1 aromatic carbocycles. The fourth-order valence-electron chi connectivity index (χ4n) is 6.24. The molecule has 0 radical (unpaired) electrons. The number of methoxy groups -OCH3 is 1. The van der Waals surface area contributed by atoms with Crippen molar-refractivity contribution in [3.63, 3.8) is 0 Å². The van der Waals surface area contributed by atoms with Crippen molar-refractivity contribution in [3.8, 4) is 0 Å². The fourth-order valence-corrected chi connectivity index (χ4v) is 6.24. The van der Waals surface area contributed by atoms with Gasteiger partial charge in [-0.05, 0) is 56.6 Å².